The second kappa shape index (κ2) is 3.87. The second-order valence-electron chi connectivity index (χ2n) is 3.40. The highest BCUT2D eigenvalue weighted by atomic mass is 16.3. The monoisotopic (exact) mass is 172 g/mol. The third kappa shape index (κ3) is 2.19. The molecule has 0 aliphatic carbocycles. The molecule has 1 fully saturated rings. The van der Waals surface area contributed by atoms with Crippen molar-refractivity contribution in [1.82, 2.24) is 4.90 Å². The lowest BCUT2D eigenvalue weighted by molar-refractivity contribution is -0.127. The Morgan fingerprint density at radius 1 is 1.83 bits per heavy atom. The maximum atomic E-state index is 10.5. The van der Waals surface area contributed by atoms with Gasteiger partial charge in [-0.1, -0.05) is 0 Å². The minimum absolute atomic E-state index is 0.385. The molecule has 1 unspecified atom stereocenters. The Kier molecular flexibility index (Phi) is 3.05. The summed E-state index contributed by atoms with van der Waals surface area (Å²) in [7, 11) is 0. The lowest BCUT2D eigenvalue weighted by atomic mass is 10.2. The van der Waals surface area contributed by atoms with Crippen LogP contribution in [0.2, 0.25) is 0 Å². The van der Waals surface area contributed by atoms with Crippen LogP contribution in [0.5, 0.6) is 0 Å². The lowest BCUT2D eigenvalue weighted by Crippen LogP contribution is -2.41. The van der Waals surface area contributed by atoms with Gasteiger partial charge in [-0.2, -0.15) is 0 Å². The lowest BCUT2D eigenvalue weighted by Gasteiger charge is -2.22. The Bertz CT molecular complexity index is 172. The van der Waals surface area contributed by atoms with Crippen molar-refractivity contribution >= 4 is 5.91 Å². The van der Waals surface area contributed by atoms with Gasteiger partial charge in [0.2, 0.25) is 5.91 Å². The molecular weight excluding hydrogens is 156 g/mol. The van der Waals surface area contributed by atoms with Crippen molar-refractivity contribution in [3.8, 4) is 0 Å². The molecule has 1 saturated heterocycles. The molecular formula is C8H16N2O2. The fourth-order valence-electron chi connectivity index (χ4n) is 1.58. The summed E-state index contributed by atoms with van der Waals surface area (Å²) in [6, 6.07) is 0.471. The van der Waals surface area contributed by atoms with Gasteiger partial charge >= 0.3 is 0 Å². The van der Waals surface area contributed by atoms with Gasteiger partial charge in [-0.3, -0.25) is 9.69 Å². The SMILES string of the molecule is CC1CCCN1C[C@@H](O)C(N)=O. The summed E-state index contributed by atoms with van der Waals surface area (Å²) in [6.45, 7) is 3.45. The number of aliphatic hydroxyl groups is 1. The van der Waals surface area contributed by atoms with E-state index < -0.39 is 12.0 Å². The number of hydrogen-bond acceptors (Lipinski definition) is 3. The predicted octanol–water partition coefficient (Wildman–Crippen LogP) is -0.683. The summed E-state index contributed by atoms with van der Waals surface area (Å²) < 4.78 is 0. The molecule has 0 saturated carbocycles. The zero-order valence-corrected chi connectivity index (χ0v) is 7.36. The van der Waals surface area contributed by atoms with Gasteiger partial charge in [-0.25, -0.2) is 0 Å². The van der Waals surface area contributed by atoms with E-state index in [4.69, 9.17) is 5.73 Å². The molecule has 0 radical (unpaired) electrons. The van der Waals surface area contributed by atoms with Gasteiger partial charge in [0.15, 0.2) is 0 Å². The van der Waals surface area contributed by atoms with E-state index in [9.17, 15) is 9.90 Å². The van der Waals surface area contributed by atoms with E-state index in [0.29, 0.717) is 12.6 Å². The summed E-state index contributed by atoms with van der Waals surface area (Å²) in [4.78, 5) is 12.6. The third-order valence-corrected chi connectivity index (χ3v) is 2.43. The average Bonchev–Trinajstić information content (AvgIpc) is 2.36. The molecule has 1 aliphatic rings. The van der Waals surface area contributed by atoms with Crippen LogP contribution in [0, 0.1) is 0 Å². The fourth-order valence-corrected chi connectivity index (χ4v) is 1.58. The predicted molar refractivity (Wildman–Crippen MR) is 45.5 cm³/mol. The van der Waals surface area contributed by atoms with Crippen molar-refractivity contribution in [2.24, 2.45) is 5.73 Å². The number of β-amino-alcohol motifs (C(OH)–C–C–N with tert-alkyl or cyclic N) is 1. The first-order valence-electron chi connectivity index (χ1n) is 4.32. The van der Waals surface area contributed by atoms with Crippen LogP contribution in [-0.4, -0.2) is 41.1 Å². The van der Waals surface area contributed by atoms with E-state index in [1.165, 1.54) is 0 Å². The Hall–Kier alpha value is -0.610. The zero-order valence-electron chi connectivity index (χ0n) is 7.36. The molecule has 12 heavy (non-hydrogen) atoms. The van der Waals surface area contributed by atoms with Gasteiger partial charge in [-0.05, 0) is 26.3 Å². The van der Waals surface area contributed by atoms with Crippen molar-refractivity contribution in [3.63, 3.8) is 0 Å². The molecule has 1 aliphatic heterocycles. The first-order chi connectivity index (χ1) is 5.61. The van der Waals surface area contributed by atoms with Gasteiger partial charge in [0.25, 0.3) is 0 Å². The number of aliphatic hydroxyl groups excluding tert-OH is 1. The molecule has 0 aromatic carbocycles. The maximum Gasteiger partial charge on any atom is 0.247 e. The van der Waals surface area contributed by atoms with E-state index in [2.05, 4.69) is 11.8 Å². The summed E-state index contributed by atoms with van der Waals surface area (Å²) in [5, 5.41) is 9.19. The maximum absolute atomic E-state index is 10.5. The Morgan fingerprint density at radius 2 is 2.50 bits per heavy atom. The van der Waals surface area contributed by atoms with Crippen molar-refractivity contribution in [2.45, 2.75) is 31.9 Å². The molecule has 0 bridgehead atoms. The van der Waals surface area contributed by atoms with Gasteiger partial charge in [-0.15, -0.1) is 0 Å². The van der Waals surface area contributed by atoms with Gasteiger partial charge in [0.1, 0.15) is 6.10 Å². The largest absolute Gasteiger partial charge is 0.382 e. The van der Waals surface area contributed by atoms with Crippen LogP contribution in [0.4, 0.5) is 0 Å². The van der Waals surface area contributed by atoms with Crippen LogP contribution >= 0.6 is 0 Å². The summed E-state index contributed by atoms with van der Waals surface area (Å²) >= 11 is 0. The molecule has 3 N–H and O–H groups in total. The number of rotatable bonds is 3. The highest BCUT2D eigenvalue weighted by Crippen LogP contribution is 2.15. The zero-order chi connectivity index (χ0) is 9.14. The standard InChI is InChI=1S/C8H16N2O2/c1-6-3-2-4-10(6)5-7(11)8(9)12/h6-7,11H,2-5H2,1H3,(H2,9,12)/t6?,7-/m1/s1. The van der Waals surface area contributed by atoms with E-state index in [-0.39, 0.29) is 0 Å². The summed E-state index contributed by atoms with van der Waals surface area (Å²) in [5.74, 6) is -0.630. The Morgan fingerprint density at radius 3 is 2.92 bits per heavy atom. The molecule has 70 valence electrons. The van der Waals surface area contributed by atoms with Gasteiger partial charge in [0, 0.05) is 12.6 Å². The van der Waals surface area contributed by atoms with E-state index >= 15 is 0 Å². The van der Waals surface area contributed by atoms with Crippen LogP contribution in [-0.2, 0) is 4.79 Å². The van der Waals surface area contributed by atoms with Crippen LogP contribution < -0.4 is 5.73 Å². The minimum Gasteiger partial charge on any atom is -0.382 e. The molecule has 1 amide bonds. The van der Waals surface area contributed by atoms with Crippen LogP contribution in [0.15, 0.2) is 0 Å². The van der Waals surface area contributed by atoms with E-state index in [1.54, 1.807) is 0 Å². The first-order valence-corrected chi connectivity index (χ1v) is 4.32. The molecule has 0 aromatic heterocycles. The molecule has 2 atom stereocenters. The quantitative estimate of drug-likeness (QED) is 0.592. The molecule has 0 spiro atoms. The summed E-state index contributed by atoms with van der Waals surface area (Å²) in [5.41, 5.74) is 4.94. The number of hydrogen-bond donors (Lipinski definition) is 2. The smallest absolute Gasteiger partial charge is 0.247 e. The van der Waals surface area contributed by atoms with E-state index in [0.717, 1.165) is 19.4 Å². The normalized spacial score (nSPS) is 27.3. The van der Waals surface area contributed by atoms with E-state index in [1.807, 2.05) is 0 Å². The molecule has 1 heterocycles. The third-order valence-electron chi connectivity index (χ3n) is 2.43. The highest BCUT2D eigenvalue weighted by molar-refractivity contribution is 5.78. The molecule has 0 aromatic rings. The first kappa shape index (κ1) is 9.48. The second-order valence-corrected chi connectivity index (χ2v) is 3.40. The highest BCUT2D eigenvalue weighted by Gasteiger charge is 2.24. The number of likely N-dealkylation sites (tertiary alicyclic amines) is 1. The number of nitrogens with zero attached hydrogens (tertiary/aromatic N) is 1. The van der Waals surface area contributed by atoms with Crippen molar-refractivity contribution < 1.29 is 9.90 Å². The van der Waals surface area contributed by atoms with Crippen molar-refractivity contribution in [2.75, 3.05) is 13.1 Å². The Balaban J connectivity index is 2.35. The van der Waals surface area contributed by atoms with Crippen LogP contribution in [0.3, 0.4) is 0 Å². The van der Waals surface area contributed by atoms with Crippen LogP contribution in [0.25, 0.3) is 0 Å². The topological polar surface area (TPSA) is 66.6 Å². The number of carbonyl (C=O) groups excluding carboxylic acids is 1. The molecule has 1 rings (SSSR count). The number of amides is 1. The van der Waals surface area contributed by atoms with Gasteiger partial charge in [0.05, 0.1) is 0 Å². The Labute approximate surface area is 72.3 Å². The summed E-state index contributed by atoms with van der Waals surface area (Å²) in [6.07, 6.45) is 1.28. The fraction of sp³-hybridized carbons (Fsp3) is 0.875. The number of nitrogens with two attached hydrogens (primary N) is 1. The molecule has 4 heteroatoms. The van der Waals surface area contributed by atoms with Crippen molar-refractivity contribution in [1.29, 1.82) is 0 Å². The molecule has 4 nitrogen and oxygen atoms in total. The minimum atomic E-state index is -1.01. The number of primary amides is 1. The van der Waals surface area contributed by atoms with Crippen LogP contribution in [0.1, 0.15) is 19.8 Å². The number of carbonyl (C=O) groups is 1. The van der Waals surface area contributed by atoms with Crippen molar-refractivity contribution in [3.05, 3.63) is 0 Å². The average molecular weight is 172 g/mol. The van der Waals surface area contributed by atoms with Gasteiger partial charge < -0.3 is 10.8 Å².